The van der Waals surface area contributed by atoms with Crippen molar-refractivity contribution in [2.24, 2.45) is 0 Å². The molecule has 2 aromatic heterocycles. The van der Waals surface area contributed by atoms with E-state index in [9.17, 15) is 4.79 Å². The molecule has 19 heavy (non-hydrogen) atoms. The van der Waals surface area contributed by atoms with Crippen LogP contribution in [0, 0.1) is 0 Å². The molecule has 3 nitrogen and oxygen atoms in total. The number of thiazole rings is 1. The van der Waals surface area contributed by atoms with Crippen LogP contribution in [0.4, 0.5) is 0 Å². The first-order chi connectivity index (χ1) is 9.33. The fourth-order valence-corrected chi connectivity index (χ4v) is 3.92. The molecule has 0 aromatic carbocycles. The Bertz CT molecular complexity index is 542. The average molecular weight is 292 g/mol. The molecule has 3 rings (SSSR count). The van der Waals surface area contributed by atoms with E-state index in [-0.39, 0.29) is 5.91 Å². The van der Waals surface area contributed by atoms with E-state index in [0.717, 1.165) is 23.4 Å². The van der Waals surface area contributed by atoms with Crippen LogP contribution >= 0.6 is 22.7 Å². The molecule has 2 heterocycles. The van der Waals surface area contributed by atoms with Crippen LogP contribution in [0.25, 0.3) is 10.6 Å². The number of aromatic nitrogens is 1. The van der Waals surface area contributed by atoms with Gasteiger partial charge in [-0.3, -0.25) is 4.79 Å². The second-order valence-electron chi connectivity index (χ2n) is 4.86. The molecule has 1 aliphatic rings. The lowest BCUT2D eigenvalue weighted by Gasteiger charge is -2.22. The van der Waals surface area contributed by atoms with Crippen LogP contribution in [-0.2, 0) is 0 Å². The normalized spacial score (nSPS) is 16.4. The molecule has 0 radical (unpaired) electrons. The largest absolute Gasteiger partial charge is 0.348 e. The standard InChI is InChI=1S/C14H16N2OS2/c17-13(15-11-4-2-1-3-5-11)12-9-19-14(16-12)10-6-7-18-8-10/h6-9,11H,1-5H2,(H,15,17). The number of amides is 1. The van der Waals surface area contributed by atoms with Gasteiger partial charge in [0.05, 0.1) is 0 Å². The van der Waals surface area contributed by atoms with Gasteiger partial charge in [0.25, 0.3) is 5.91 Å². The van der Waals surface area contributed by atoms with Crippen molar-refractivity contribution in [3.05, 3.63) is 27.9 Å². The van der Waals surface area contributed by atoms with Gasteiger partial charge in [-0.1, -0.05) is 19.3 Å². The van der Waals surface area contributed by atoms with Crippen LogP contribution < -0.4 is 5.32 Å². The molecule has 1 amide bonds. The highest BCUT2D eigenvalue weighted by Gasteiger charge is 2.18. The Balaban J connectivity index is 1.67. The van der Waals surface area contributed by atoms with E-state index < -0.39 is 0 Å². The number of thiophene rings is 1. The van der Waals surface area contributed by atoms with Crippen LogP contribution in [-0.4, -0.2) is 16.9 Å². The van der Waals surface area contributed by atoms with E-state index in [4.69, 9.17) is 0 Å². The minimum atomic E-state index is -0.0235. The molecule has 0 spiro atoms. The summed E-state index contributed by atoms with van der Waals surface area (Å²) in [4.78, 5) is 16.6. The fraction of sp³-hybridized carbons (Fsp3) is 0.429. The molecule has 0 aliphatic heterocycles. The van der Waals surface area contributed by atoms with Crippen molar-refractivity contribution in [2.45, 2.75) is 38.1 Å². The van der Waals surface area contributed by atoms with Gasteiger partial charge in [-0.2, -0.15) is 11.3 Å². The summed E-state index contributed by atoms with van der Waals surface area (Å²) in [5.41, 5.74) is 1.66. The van der Waals surface area contributed by atoms with Crippen molar-refractivity contribution in [1.82, 2.24) is 10.3 Å². The first kappa shape index (κ1) is 12.8. The summed E-state index contributed by atoms with van der Waals surface area (Å²) in [5.74, 6) is -0.0235. The lowest BCUT2D eigenvalue weighted by atomic mass is 9.95. The fourth-order valence-electron chi connectivity index (χ4n) is 2.40. The van der Waals surface area contributed by atoms with Crippen LogP contribution in [0.1, 0.15) is 42.6 Å². The molecule has 1 N–H and O–H groups in total. The Morgan fingerprint density at radius 3 is 2.84 bits per heavy atom. The summed E-state index contributed by atoms with van der Waals surface area (Å²) in [5, 5.41) is 9.96. The molecule has 0 atom stereocenters. The summed E-state index contributed by atoms with van der Waals surface area (Å²) < 4.78 is 0. The Kier molecular flexibility index (Phi) is 3.94. The van der Waals surface area contributed by atoms with E-state index in [1.807, 2.05) is 16.8 Å². The number of hydrogen-bond acceptors (Lipinski definition) is 4. The van der Waals surface area contributed by atoms with E-state index in [0.29, 0.717) is 11.7 Å². The zero-order valence-corrected chi connectivity index (χ0v) is 12.2. The SMILES string of the molecule is O=C(NC1CCCCC1)c1csc(-c2ccsc2)n1. The van der Waals surface area contributed by atoms with Gasteiger partial charge < -0.3 is 5.32 Å². The molecule has 0 saturated heterocycles. The zero-order chi connectivity index (χ0) is 13.1. The van der Waals surface area contributed by atoms with E-state index in [1.54, 1.807) is 11.3 Å². The molecular weight excluding hydrogens is 276 g/mol. The molecule has 100 valence electrons. The molecule has 2 aromatic rings. The number of rotatable bonds is 3. The number of hydrogen-bond donors (Lipinski definition) is 1. The molecule has 1 saturated carbocycles. The van der Waals surface area contributed by atoms with E-state index in [1.165, 1.54) is 30.6 Å². The third kappa shape index (κ3) is 3.04. The number of carbonyl (C=O) groups is 1. The summed E-state index contributed by atoms with van der Waals surface area (Å²) in [7, 11) is 0. The maximum Gasteiger partial charge on any atom is 0.270 e. The Labute approximate surface area is 120 Å². The Hall–Kier alpha value is -1.20. The molecule has 1 fully saturated rings. The lowest BCUT2D eigenvalue weighted by molar-refractivity contribution is 0.0923. The second kappa shape index (κ2) is 5.84. The highest BCUT2D eigenvalue weighted by Crippen LogP contribution is 2.26. The Morgan fingerprint density at radius 1 is 1.26 bits per heavy atom. The maximum absolute atomic E-state index is 12.1. The first-order valence-electron chi connectivity index (χ1n) is 6.62. The quantitative estimate of drug-likeness (QED) is 0.931. The predicted molar refractivity (Wildman–Crippen MR) is 79.8 cm³/mol. The highest BCUT2D eigenvalue weighted by atomic mass is 32.1. The molecular formula is C14H16N2OS2. The average Bonchev–Trinajstić information content (AvgIpc) is 3.11. The van der Waals surface area contributed by atoms with Gasteiger partial charge in [0.15, 0.2) is 0 Å². The number of nitrogens with zero attached hydrogens (tertiary/aromatic N) is 1. The van der Waals surface area contributed by atoms with Crippen LogP contribution in [0.3, 0.4) is 0 Å². The van der Waals surface area contributed by atoms with Gasteiger partial charge in [-0.15, -0.1) is 11.3 Å². The van der Waals surface area contributed by atoms with E-state index >= 15 is 0 Å². The predicted octanol–water partition coefficient (Wildman–Crippen LogP) is 3.93. The minimum Gasteiger partial charge on any atom is -0.348 e. The van der Waals surface area contributed by atoms with E-state index in [2.05, 4.69) is 15.7 Å². The summed E-state index contributed by atoms with van der Waals surface area (Å²) in [6.07, 6.45) is 5.95. The summed E-state index contributed by atoms with van der Waals surface area (Å²) in [6, 6.07) is 2.37. The molecule has 0 bridgehead atoms. The van der Waals surface area contributed by atoms with Gasteiger partial charge in [0.2, 0.25) is 0 Å². The van der Waals surface area contributed by atoms with Gasteiger partial charge in [-0.25, -0.2) is 4.98 Å². The van der Waals surface area contributed by atoms with Gasteiger partial charge in [0.1, 0.15) is 10.7 Å². The number of carbonyl (C=O) groups excluding carboxylic acids is 1. The molecule has 5 heteroatoms. The number of nitrogens with one attached hydrogen (secondary N) is 1. The van der Waals surface area contributed by atoms with Crippen molar-refractivity contribution >= 4 is 28.6 Å². The Morgan fingerprint density at radius 2 is 2.11 bits per heavy atom. The van der Waals surface area contributed by atoms with Crippen LogP contribution in [0.15, 0.2) is 22.2 Å². The highest BCUT2D eigenvalue weighted by molar-refractivity contribution is 7.14. The van der Waals surface area contributed by atoms with Crippen molar-refractivity contribution in [1.29, 1.82) is 0 Å². The maximum atomic E-state index is 12.1. The zero-order valence-electron chi connectivity index (χ0n) is 10.6. The minimum absolute atomic E-state index is 0.0235. The smallest absolute Gasteiger partial charge is 0.270 e. The third-order valence-corrected chi connectivity index (χ3v) is 5.02. The monoisotopic (exact) mass is 292 g/mol. The van der Waals surface area contributed by atoms with Gasteiger partial charge in [-0.05, 0) is 24.3 Å². The first-order valence-corrected chi connectivity index (χ1v) is 8.44. The van der Waals surface area contributed by atoms with Gasteiger partial charge >= 0.3 is 0 Å². The summed E-state index contributed by atoms with van der Waals surface area (Å²) >= 11 is 3.18. The van der Waals surface area contributed by atoms with Crippen molar-refractivity contribution in [3.8, 4) is 10.6 Å². The molecule has 1 aliphatic carbocycles. The van der Waals surface area contributed by atoms with Crippen molar-refractivity contribution < 1.29 is 4.79 Å². The van der Waals surface area contributed by atoms with Gasteiger partial charge in [0, 0.05) is 22.4 Å². The van der Waals surface area contributed by atoms with Crippen molar-refractivity contribution in [3.63, 3.8) is 0 Å². The topological polar surface area (TPSA) is 42.0 Å². The third-order valence-electron chi connectivity index (χ3n) is 3.45. The summed E-state index contributed by atoms with van der Waals surface area (Å²) in [6.45, 7) is 0. The lowest BCUT2D eigenvalue weighted by Crippen LogP contribution is -2.36. The van der Waals surface area contributed by atoms with Crippen LogP contribution in [0.5, 0.6) is 0 Å². The molecule has 0 unspecified atom stereocenters. The second-order valence-corrected chi connectivity index (χ2v) is 6.50. The van der Waals surface area contributed by atoms with Crippen LogP contribution in [0.2, 0.25) is 0 Å². The van der Waals surface area contributed by atoms with Crippen molar-refractivity contribution in [2.75, 3.05) is 0 Å².